The summed E-state index contributed by atoms with van der Waals surface area (Å²) in [6.07, 6.45) is 23.5. The van der Waals surface area contributed by atoms with Crippen LogP contribution in [-0.2, 0) is 0 Å². The number of rotatable bonds is 20. The first-order valence-electron chi connectivity index (χ1n) is 11.0. The average Bonchev–Trinajstić information content (AvgIpc) is 2.57. The molecule has 0 saturated heterocycles. The van der Waals surface area contributed by atoms with Gasteiger partial charge in [-0.2, -0.15) is 0 Å². The summed E-state index contributed by atoms with van der Waals surface area (Å²) in [5, 5.41) is 0. The highest BCUT2D eigenvalue weighted by Gasteiger charge is 1.95. The van der Waals surface area contributed by atoms with E-state index in [1.165, 1.54) is 96.3 Å². The molecule has 0 radical (unpaired) electrons. The standard InChI is InChI=1S/C21H45FSi/c1-2-3-4-5-6-7-8-9-11-14-17-20-23-21-18-15-12-10-13-16-19-22/h2-21,23H2,1H3. The molecular formula is C21H45FSi. The Bertz CT molecular complexity index is 176. The quantitative estimate of drug-likeness (QED) is 0.157. The predicted molar refractivity (Wildman–Crippen MR) is 108 cm³/mol. The lowest BCUT2D eigenvalue weighted by molar-refractivity contribution is 0.451. The number of hydrogen-bond acceptors (Lipinski definition) is 0. The van der Waals surface area contributed by atoms with Crippen LogP contribution >= 0.6 is 0 Å². The molecule has 140 valence electrons. The van der Waals surface area contributed by atoms with Gasteiger partial charge >= 0.3 is 0 Å². The van der Waals surface area contributed by atoms with Gasteiger partial charge in [-0.3, -0.25) is 4.39 Å². The Balaban J connectivity index is 2.92. The maximum atomic E-state index is 11.9. The van der Waals surface area contributed by atoms with Crippen LogP contribution in [0.4, 0.5) is 4.39 Å². The van der Waals surface area contributed by atoms with Gasteiger partial charge in [-0.1, -0.05) is 122 Å². The van der Waals surface area contributed by atoms with Gasteiger partial charge in [0, 0.05) is 9.52 Å². The summed E-state index contributed by atoms with van der Waals surface area (Å²) in [7, 11) is 0.251. The zero-order valence-corrected chi connectivity index (χ0v) is 17.6. The molecule has 0 spiro atoms. The molecule has 0 nitrogen and oxygen atoms in total. The van der Waals surface area contributed by atoms with Crippen molar-refractivity contribution in [1.82, 2.24) is 0 Å². The molecular weight excluding hydrogens is 299 g/mol. The first-order chi connectivity index (χ1) is 11.4. The Morgan fingerprint density at radius 3 is 1.22 bits per heavy atom. The molecule has 0 unspecified atom stereocenters. The lowest BCUT2D eigenvalue weighted by Gasteiger charge is -2.03. The molecule has 0 fully saturated rings. The molecule has 0 atom stereocenters. The van der Waals surface area contributed by atoms with Gasteiger partial charge in [-0.05, 0) is 6.42 Å². The van der Waals surface area contributed by atoms with Gasteiger partial charge in [0.25, 0.3) is 0 Å². The van der Waals surface area contributed by atoms with E-state index < -0.39 is 0 Å². The van der Waals surface area contributed by atoms with E-state index in [-0.39, 0.29) is 16.2 Å². The van der Waals surface area contributed by atoms with Crippen molar-refractivity contribution in [3.8, 4) is 0 Å². The Labute approximate surface area is 149 Å². The molecule has 0 aliphatic rings. The Hall–Kier alpha value is 0.147. The third-order valence-corrected chi connectivity index (χ3v) is 6.99. The molecule has 2 heteroatoms. The fourth-order valence-electron chi connectivity index (χ4n) is 3.35. The lowest BCUT2D eigenvalue weighted by Crippen LogP contribution is -1.90. The fraction of sp³-hybridized carbons (Fsp3) is 1.00. The molecule has 0 heterocycles. The second-order valence-electron chi connectivity index (χ2n) is 7.41. The summed E-state index contributed by atoms with van der Waals surface area (Å²) < 4.78 is 11.9. The molecule has 0 amide bonds. The second kappa shape index (κ2) is 22.1. The van der Waals surface area contributed by atoms with E-state index in [9.17, 15) is 4.39 Å². The molecule has 23 heavy (non-hydrogen) atoms. The molecule has 0 rings (SSSR count). The zero-order valence-electron chi connectivity index (χ0n) is 16.2. The van der Waals surface area contributed by atoms with E-state index in [1.54, 1.807) is 12.1 Å². The van der Waals surface area contributed by atoms with E-state index in [1.807, 2.05) is 0 Å². The Morgan fingerprint density at radius 2 is 0.826 bits per heavy atom. The highest BCUT2D eigenvalue weighted by molar-refractivity contribution is 6.35. The van der Waals surface area contributed by atoms with Gasteiger partial charge in [0.2, 0.25) is 0 Å². The van der Waals surface area contributed by atoms with Crippen molar-refractivity contribution >= 4 is 9.52 Å². The van der Waals surface area contributed by atoms with E-state index >= 15 is 0 Å². The SMILES string of the molecule is CCCCCCCCCCCCC[SiH2]CCCCCCCCF. The highest BCUT2D eigenvalue weighted by atomic mass is 28.2. The molecule has 0 aromatic heterocycles. The van der Waals surface area contributed by atoms with Gasteiger partial charge in [-0.15, -0.1) is 0 Å². The van der Waals surface area contributed by atoms with E-state index in [2.05, 4.69) is 6.92 Å². The first-order valence-corrected chi connectivity index (χ1v) is 13.0. The van der Waals surface area contributed by atoms with Crippen molar-refractivity contribution in [2.45, 2.75) is 128 Å². The van der Waals surface area contributed by atoms with Crippen LogP contribution in [0.1, 0.15) is 116 Å². The van der Waals surface area contributed by atoms with Gasteiger partial charge in [0.1, 0.15) is 0 Å². The summed E-state index contributed by atoms with van der Waals surface area (Å²) in [5.41, 5.74) is 0. The van der Waals surface area contributed by atoms with Crippen LogP contribution in [0.25, 0.3) is 0 Å². The number of halogens is 1. The van der Waals surface area contributed by atoms with Crippen molar-refractivity contribution < 1.29 is 4.39 Å². The van der Waals surface area contributed by atoms with Gasteiger partial charge in [0.15, 0.2) is 0 Å². The highest BCUT2D eigenvalue weighted by Crippen LogP contribution is 2.13. The number of alkyl halides is 1. The van der Waals surface area contributed by atoms with E-state index in [0.29, 0.717) is 0 Å². The van der Waals surface area contributed by atoms with Crippen LogP contribution in [0.3, 0.4) is 0 Å². The summed E-state index contributed by atoms with van der Waals surface area (Å²) in [5.74, 6) is 0. The summed E-state index contributed by atoms with van der Waals surface area (Å²) >= 11 is 0. The van der Waals surface area contributed by atoms with Crippen molar-refractivity contribution in [3.05, 3.63) is 0 Å². The minimum absolute atomic E-state index is 0.119. The third-order valence-electron chi connectivity index (χ3n) is 4.99. The maximum absolute atomic E-state index is 11.9. The maximum Gasteiger partial charge on any atom is 0.0894 e. The molecule has 0 bridgehead atoms. The summed E-state index contributed by atoms with van der Waals surface area (Å²) in [6.45, 7) is 2.17. The first kappa shape index (κ1) is 23.1. The van der Waals surface area contributed by atoms with E-state index in [0.717, 1.165) is 12.8 Å². The van der Waals surface area contributed by atoms with Crippen molar-refractivity contribution in [1.29, 1.82) is 0 Å². The van der Waals surface area contributed by atoms with Crippen LogP contribution in [0, 0.1) is 0 Å². The normalized spacial score (nSPS) is 11.7. The van der Waals surface area contributed by atoms with Gasteiger partial charge < -0.3 is 0 Å². The van der Waals surface area contributed by atoms with Crippen LogP contribution in [0.5, 0.6) is 0 Å². The minimum atomic E-state index is -0.119. The third kappa shape index (κ3) is 22.1. The van der Waals surface area contributed by atoms with E-state index in [4.69, 9.17) is 0 Å². The molecule has 0 aromatic rings. The topological polar surface area (TPSA) is 0 Å². The van der Waals surface area contributed by atoms with Crippen molar-refractivity contribution in [3.63, 3.8) is 0 Å². The van der Waals surface area contributed by atoms with Gasteiger partial charge in [0.05, 0.1) is 6.67 Å². The van der Waals surface area contributed by atoms with Crippen LogP contribution < -0.4 is 0 Å². The molecule has 0 aliphatic carbocycles. The smallest absolute Gasteiger partial charge is 0.0894 e. The van der Waals surface area contributed by atoms with Crippen LogP contribution in [-0.4, -0.2) is 16.2 Å². The molecule has 0 aromatic carbocycles. The predicted octanol–water partition coefficient (Wildman–Crippen LogP) is 7.61. The average molecular weight is 345 g/mol. The van der Waals surface area contributed by atoms with Crippen molar-refractivity contribution in [2.24, 2.45) is 0 Å². The molecule has 0 aliphatic heterocycles. The summed E-state index contributed by atoms with van der Waals surface area (Å²) in [4.78, 5) is 0. The number of hydrogen-bond donors (Lipinski definition) is 0. The Kier molecular flexibility index (Phi) is 22.3. The minimum Gasteiger partial charge on any atom is -0.251 e. The molecule has 0 saturated carbocycles. The zero-order chi connectivity index (χ0) is 16.8. The van der Waals surface area contributed by atoms with Crippen LogP contribution in [0.15, 0.2) is 0 Å². The molecule has 0 N–H and O–H groups in total. The Morgan fingerprint density at radius 1 is 0.478 bits per heavy atom. The fourth-order valence-corrected chi connectivity index (χ4v) is 5.12. The van der Waals surface area contributed by atoms with Crippen molar-refractivity contribution in [2.75, 3.05) is 6.67 Å². The summed E-state index contributed by atoms with van der Waals surface area (Å²) in [6, 6.07) is 3.14. The van der Waals surface area contributed by atoms with Gasteiger partial charge in [-0.25, -0.2) is 0 Å². The second-order valence-corrected chi connectivity index (χ2v) is 9.53. The van der Waals surface area contributed by atoms with Crippen LogP contribution in [0.2, 0.25) is 12.1 Å². The lowest BCUT2D eigenvalue weighted by atomic mass is 10.1. The number of unbranched alkanes of at least 4 members (excludes halogenated alkanes) is 15. The largest absolute Gasteiger partial charge is 0.251 e. The monoisotopic (exact) mass is 344 g/mol.